The Hall–Kier alpha value is -2.55. The van der Waals surface area contributed by atoms with Crippen molar-refractivity contribution in [2.45, 2.75) is 6.04 Å². The highest BCUT2D eigenvalue weighted by Crippen LogP contribution is 2.36. The highest BCUT2D eigenvalue weighted by Gasteiger charge is 2.27. The van der Waals surface area contributed by atoms with Gasteiger partial charge in [0.25, 0.3) is 5.95 Å². The first-order valence-electron chi connectivity index (χ1n) is 8.24. The fourth-order valence-electron chi connectivity index (χ4n) is 2.94. The van der Waals surface area contributed by atoms with E-state index in [4.69, 9.17) is 23.2 Å². The molecule has 0 radical (unpaired) electrons. The number of hydrogen-bond donors (Lipinski definition) is 2. The number of nitrogens with zero attached hydrogens (tertiary/aromatic N) is 3. The number of allylic oxidation sites excluding steroid dienone is 1. The summed E-state index contributed by atoms with van der Waals surface area (Å²) in [7, 11) is -3.51. The second-order valence-corrected chi connectivity index (χ2v) is 8.85. The van der Waals surface area contributed by atoms with Gasteiger partial charge < -0.3 is 5.32 Å². The molecule has 0 aliphatic carbocycles. The molecule has 1 aliphatic heterocycles. The fraction of sp³-hybridized carbons (Fsp3) is 0.111. The van der Waals surface area contributed by atoms with E-state index in [1.54, 1.807) is 22.9 Å². The molecule has 10 heteroatoms. The summed E-state index contributed by atoms with van der Waals surface area (Å²) in [4.78, 5) is 4.28. The van der Waals surface area contributed by atoms with Crippen molar-refractivity contribution in [2.75, 3.05) is 16.3 Å². The van der Waals surface area contributed by atoms with Crippen LogP contribution in [0, 0.1) is 0 Å². The molecule has 4 rings (SSSR count). The van der Waals surface area contributed by atoms with Crippen LogP contribution in [-0.2, 0) is 10.0 Å². The zero-order chi connectivity index (χ0) is 19.9. The normalized spacial score (nSPS) is 16.1. The van der Waals surface area contributed by atoms with Gasteiger partial charge in [-0.3, -0.25) is 4.72 Å². The SMILES string of the molecule is CS(=O)(=O)Nc1nc2n(n1)[C@@H](c1ccccc1Cl)C=C(c1ccc(Cl)cc1)N2. The van der Waals surface area contributed by atoms with Gasteiger partial charge in [-0.15, -0.1) is 5.10 Å². The minimum absolute atomic E-state index is 0.0205. The molecule has 0 unspecified atom stereocenters. The number of hydrogen-bond acceptors (Lipinski definition) is 5. The number of sulfonamides is 1. The molecule has 1 aromatic heterocycles. The number of rotatable bonds is 4. The predicted molar refractivity (Wildman–Crippen MR) is 111 cm³/mol. The Morgan fingerprint density at radius 3 is 2.50 bits per heavy atom. The number of nitrogens with one attached hydrogen (secondary N) is 2. The van der Waals surface area contributed by atoms with Crippen LogP contribution in [0.3, 0.4) is 0 Å². The molecule has 1 atom stereocenters. The summed E-state index contributed by atoms with van der Waals surface area (Å²) in [6.45, 7) is 0. The van der Waals surface area contributed by atoms with Crippen molar-refractivity contribution in [3.63, 3.8) is 0 Å². The van der Waals surface area contributed by atoms with Crippen LogP contribution >= 0.6 is 23.2 Å². The summed E-state index contributed by atoms with van der Waals surface area (Å²) in [6, 6.07) is 14.4. The molecule has 1 aliphatic rings. The maximum absolute atomic E-state index is 11.6. The van der Waals surface area contributed by atoms with Crippen LogP contribution in [0.25, 0.3) is 5.70 Å². The monoisotopic (exact) mass is 435 g/mol. The third-order valence-corrected chi connectivity index (χ3v) is 5.27. The van der Waals surface area contributed by atoms with Gasteiger partial charge in [0, 0.05) is 15.7 Å². The summed E-state index contributed by atoms with van der Waals surface area (Å²) >= 11 is 12.4. The van der Waals surface area contributed by atoms with Crippen LogP contribution in [0.15, 0.2) is 54.6 Å². The van der Waals surface area contributed by atoms with E-state index >= 15 is 0 Å². The van der Waals surface area contributed by atoms with Gasteiger partial charge >= 0.3 is 0 Å². The predicted octanol–water partition coefficient (Wildman–Crippen LogP) is 4.01. The molecule has 144 valence electrons. The lowest BCUT2D eigenvalue weighted by Gasteiger charge is -2.24. The van der Waals surface area contributed by atoms with E-state index in [1.807, 2.05) is 36.4 Å². The van der Waals surface area contributed by atoms with Crippen molar-refractivity contribution >= 4 is 50.8 Å². The van der Waals surface area contributed by atoms with Crippen LogP contribution in [0.1, 0.15) is 17.2 Å². The summed E-state index contributed by atoms with van der Waals surface area (Å²) in [5.41, 5.74) is 2.50. The van der Waals surface area contributed by atoms with Gasteiger partial charge in [-0.2, -0.15) is 4.98 Å². The van der Waals surface area contributed by atoms with Gasteiger partial charge in [-0.25, -0.2) is 13.1 Å². The van der Waals surface area contributed by atoms with Crippen molar-refractivity contribution in [2.24, 2.45) is 0 Å². The quantitative estimate of drug-likeness (QED) is 0.645. The van der Waals surface area contributed by atoms with E-state index in [0.29, 0.717) is 16.0 Å². The number of fused-ring (bicyclic) bond motifs is 1. The largest absolute Gasteiger partial charge is 0.324 e. The Morgan fingerprint density at radius 2 is 1.82 bits per heavy atom. The van der Waals surface area contributed by atoms with Crippen molar-refractivity contribution < 1.29 is 8.42 Å². The van der Waals surface area contributed by atoms with E-state index in [0.717, 1.165) is 23.1 Å². The molecule has 0 fully saturated rings. The fourth-order valence-corrected chi connectivity index (χ4v) is 3.73. The van der Waals surface area contributed by atoms with E-state index in [-0.39, 0.29) is 12.0 Å². The molecule has 0 amide bonds. The molecule has 7 nitrogen and oxygen atoms in total. The molecule has 2 N–H and O–H groups in total. The smallest absolute Gasteiger partial charge is 0.257 e. The highest BCUT2D eigenvalue weighted by molar-refractivity contribution is 7.91. The molecule has 0 spiro atoms. The summed E-state index contributed by atoms with van der Waals surface area (Å²) in [5.74, 6) is 0.372. The standard InChI is InChI=1S/C18H15Cl2N5O2S/c1-28(26,27)24-17-22-18-21-15(11-6-8-12(19)9-7-11)10-16(25(18)23-17)13-4-2-3-5-14(13)20/h2-10,16H,1H3,(H2,21,22,23,24)/t16-/m1/s1. The lowest BCUT2D eigenvalue weighted by Crippen LogP contribution is -2.20. The second kappa shape index (κ2) is 7.12. The van der Waals surface area contributed by atoms with Gasteiger partial charge in [-0.05, 0) is 35.4 Å². The van der Waals surface area contributed by atoms with Crippen molar-refractivity contribution in [1.29, 1.82) is 0 Å². The molecular formula is C18H15Cl2N5O2S. The first-order chi connectivity index (χ1) is 13.3. The van der Waals surface area contributed by atoms with Crippen LogP contribution in [0.2, 0.25) is 10.0 Å². The topological polar surface area (TPSA) is 88.9 Å². The van der Waals surface area contributed by atoms with Gasteiger partial charge in [0.05, 0.1) is 6.26 Å². The second-order valence-electron chi connectivity index (χ2n) is 6.26. The van der Waals surface area contributed by atoms with Crippen molar-refractivity contribution in [3.05, 3.63) is 75.8 Å². The summed E-state index contributed by atoms with van der Waals surface area (Å²) in [5, 5.41) is 8.69. The molecule has 0 saturated heterocycles. The van der Waals surface area contributed by atoms with E-state index in [1.165, 1.54) is 0 Å². The minimum Gasteiger partial charge on any atom is -0.324 e. The summed E-state index contributed by atoms with van der Waals surface area (Å²) in [6.07, 6.45) is 3.00. The Bertz CT molecular complexity index is 1170. The minimum atomic E-state index is -3.51. The zero-order valence-electron chi connectivity index (χ0n) is 14.6. The highest BCUT2D eigenvalue weighted by atomic mass is 35.5. The van der Waals surface area contributed by atoms with Crippen LogP contribution < -0.4 is 10.0 Å². The van der Waals surface area contributed by atoms with Gasteiger partial charge in [0.15, 0.2) is 0 Å². The van der Waals surface area contributed by atoms with E-state index < -0.39 is 10.0 Å². The lowest BCUT2D eigenvalue weighted by atomic mass is 10.0. The molecular weight excluding hydrogens is 421 g/mol. The Morgan fingerprint density at radius 1 is 1.11 bits per heavy atom. The Kier molecular flexibility index (Phi) is 4.78. The van der Waals surface area contributed by atoms with Crippen LogP contribution in [0.4, 0.5) is 11.9 Å². The Labute approximate surface area is 172 Å². The average molecular weight is 436 g/mol. The third-order valence-electron chi connectivity index (χ3n) is 4.12. The van der Waals surface area contributed by atoms with Crippen LogP contribution in [0.5, 0.6) is 0 Å². The van der Waals surface area contributed by atoms with E-state index in [9.17, 15) is 8.42 Å². The molecule has 3 aromatic rings. The lowest BCUT2D eigenvalue weighted by molar-refractivity contribution is 0.603. The number of anilines is 2. The van der Waals surface area contributed by atoms with E-state index in [2.05, 4.69) is 20.1 Å². The van der Waals surface area contributed by atoms with Crippen molar-refractivity contribution in [1.82, 2.24) is 14.8 Å². The number of aromatic nitrogens is 3. The first-order valence-corrected chi connectivity index (χ1v) is 10.9. The molecule has 0 saturated carbocycles. The third kappa shape index (κ3) is 3.84. The summed E-state index contributed by atoms with van der Waals surface area (Å²) < 4.78 is 27.0. The first kappa shape index (κ1) is 18.8. The van der Waals surface area contributed by atoms with Gasteiger partial charge in [0.1, 0.15) is 6.04 Å². The van der Waals surface area contributed by atoms with Gasteiger partial charge in [0.2, 0.25) is 16.0 Å². The van der Waals surface area contributed by atoms with Crippen molar-refractivity contribution in [3.8, 4) is 0 Å². The maximum Gasteiger partial charge on any atom is 0.257 e. The molecule has 28 heavy (non-hydrogen) atoms. The Balaban J connectivity index is 1.83. The number of halogens is 2. The number of benzene rings is 2. The molecule has 2 aromatic carbocycles. The average Bonchev–Trinajstić information content (AvgIpc) is 3.02. The molecule has 0 bridgehead atoms. The van der Waals surface area contributed by atoms with Gasteiger partial charge in [-0.1, -0.05) is 53.5 Å². The van der Waals surface area contributed by atoms with Crippen LogP contribution in [-0.4, -0.2) is 29.4 Å². The zero-order valence-corrected chi connectivity index (χ0v) is 16.9. The molecule has 2 heterocycles. The maximum atomic E-state index is 11.6.